The Balaban J connectivity index is 0.000000181. The normalized spacial score (nSPS) is 13.5. The highest BCUT2D eigenvalue weighted by molar-refractivity contribution is 6.36. The third-order valence-corrected chi connectivity index (χ3v) is 6.65. The quantitative estimate of drug-likeness (QED) is 0.309. The maximum absolute atomic E-state index is 12.1. The number of benzene rings is 3. The summed E-state index contributed by atoms with van der Waals surface area (Å²) >= 11 is 5.72. The van der Waals surface area contributed by atoms with E-state index >= 15 is 0 Å². The van der Waals surface area contributed by atoms with E-state index in [9.17, 15) is 9.59 Å². The second kappa shape index (κ2) is 12.4. The summed E-state index contributed by atoms with van der Waals surface area (Å²) in [5, 5.41) is 17.0. The number of para-hydroxylation sites is 1. The van der Waals surface area contributed by atoms with Gasteiger partial charge in [-0.05, 0) is 31.0 Å². The first kappa shape index (κ1) is 27.6. The van der Waals surface area contributed by atoms with Gasteiger partial charge in [-0.15, -0.1) is 11.6 Å². The van der Waals surface area contributed by atoms with Crippen LogP contribution in [-0.2, 0) is 26.7 Å². The Kier molecular flexibility index (Phi) is 8.78. The number of rotatable bonds is 7. The first-order chi connectivity index (χ1) is 18.9. The summed E-state index contributed by atoms with van der Waals surface area (Å²) < 4.78 is 1.70. The van der Waals surface area contributed by atoms with E-state index in [1.165, 1.54) is 0 Å². The Labute approximate surface area is 232 Å². The van der Waals surface area contributed by atoms with Gasteiger partial charge in [0.05, 0.1) is 12.1 Å². The van der Waals surface area contributed by atoms with Crippen molar-refractivity contribution in [3.63, 3.8) is 0 Å². The molecule has 5 rings (SSSR count). The summed E-state index contributed by atoms with van der Waals surface area (Å²) in [6, 6.07) is 26.9. The number of hydrogen-bond acceptors (Lipinski definition) is 5. The molecular weight excluding hydrogens is 516 g/mol. The van der Waals surface area contributed by atoms with Gasteiger partial charge in [-0.25, -0.2) is 4.79 Å². The molecule has 1 amide bonds. The molecule has 0 saturated heterocycles. The fraction of sp³-hybridized carbons (Fsp3) is 0.200. The second-order valence-electron chi connectivity index (χ2n) is 9.05. The van der Waals surface area contributed by atoms with Gasteiger partial charge in [0.15, 0.2) is 11.3 Å². The van der Waals surface area contributed by atoms with Gasteiger partial charge in [0.1, 0.15) is 12.5 Å². The monoisotopic (exact) mass is 544 g/mol. The Morgan fingerprint density at radius 2 is 1.54 bits per heavy atom. The molecule has 1 N–H and O–H groups in total. The van der Waals surface area contributed by atoms with Gasteiger partial charge in [-0.3, -0.25) is 14.4 Å². The van der Waals surface area contributed by atoms with Crippen LogP contribution >= 0.6 is 11.6 Å². The van der Waals surface area contributed by atoms with Gasteiger partial charge in [-0.1, -0.05) is 84.0 Å². The molecule has 2 heterocycles. The number of aromatic nitrogens is 2. The van der Waals surface area contributed by atoms with Crippen molar-refractivity contribution in [1.29, 1.82) is 0 Å². The summed E-state index contributed by atoms with van der Waals surface area (Å²) in [5.41, 5.74) is 3.98. The van der Waals surface area contributed by atoms with Crippen molar-refractivity contribution in [2.75, 3.05) is 10.8 Å². The number of amides is 1. The number of carboxylic acid groups (broad SMARTS) is 1. The van der Waals surface area contributed by atoms with Crippen molar-refractivity contribution in [3.05, 3.63) is 120 Å². The van der Waals surface area contributed by atoms with Gasteiger partial charge in [-0.2, -0.15) is 5.10 Å². The number of carboxylic acids is 1. The van der Waals surface area contributed by atoms with E-state index in [-0.39, 0.29) is 23.9 Å². The lowest BCUT2D eigenvalue weighted by molar-refractivity contribution is -0.129. The molecule has 1 aliphatic rings. The van der Waals surface area contributed by atoms with Crippen molar-refractivity contribution in [2.45, 2.75) is 32.5 Å². The molecule has 3 aromatic carbocycles. The molecule has 0 fully saturated rings. The Morgan fingerprint density at radius 1 is 0.949 bits per heavy atom. The number of oxime groups is 1. The Morgan fingerprint density at radius 3 is 2.00 bits per heavy atom. The number of carbonyl (C=O) groups is 2. The van der Waals surface area contributed by atoms with Crippen LogP contribution in [-0.4, -0.2) is 38.4 Å². The molecule has 4 aromatic rings. The van der Waals surface area contributed by atoms with E-state index in [1.54, 1.807) is 15.8 Å². The summed E-state index contributed by atoms with van der Waals surface area (Å²) in [5.74, 6) is -1.22. The highest BCUT2D eigenvalue weighted by Gasteiger charge is 2.44. The summed E-state index contributed by atoms with van der Waals surface area (Å²) in [6.45, 7) is 4.34. The summed E-state index contributed by atoms with van der Waals surface area (Å²) in [7, 11) is 0. The van der Waals surface area contributed by atoms with E-state index in [0.717, 1.165) is 27.9 Å². The number of anilines is 1. The maximum Gasteiger partial charge on any atom is 0.353 e. The van der Waals surface area contributed by atoms with Crippen LogP contribution in [0.15, 0.2) is 102 Å². The SMILES string of the molecule is Cc1cccc(C)c1N(Cn1cccn1)C(=O)CCl.O=C(O)C1=NOC(c2ccccc2)(c2ccccc2)C1. The first-order valence-electron chi connectivity index (χ1n) is 12.3. The number of hydrogen-bond donors (Lipinski definition) is 1. The van der Waals surface area contributed by atoms with E-state index in [4.69, 9.17) is 21.5 Å². The molecule has 9 heteroatoms. The van der Waals surface area contributed by atoms with Gasteiger partial charge in [0, 0.05) is 23.5 Å². The fourth-order valence-electron chi connectivity index (χ4n) is 4.55. The third kappa shape index (κ3) is 6.18. The number of nitrogens with zero attached hydrogens (tertiary/aromatic N) is 4. The summed E-state index contributed by atoms with van der Waals surface area (Å²) in [6.07, 6.45) is 3.73. The van der Waals surface area contributed by atoms with Crippen LogP contribution in [0.2, 0.25) is 0 Å². The van der Waals surface area contributed by atoms with Crippen molar-refractivity contribution in [2.24, 2.45) is 5.16 Å². The predicted octanol–water partition coefficient (Wildman–Crippen LogP) is 5.52. The lowest BCUT2D eigenvalue weighted by Crippen LogP contribution is -2.35. The van der Waals surface area contributed by atoms with Crippen LogP contribution < -0.4 is 4.90 Å². The molecule has 200 valence electrons. The fourth-order valence-corrected chi connectivity index (χ4v) is 4.69. The standard InChI is InChI=1S/C16H13NO3.C14H16ClN3O/c18-15(19)14-11-16(20-17-14,12-7-3-1-4-8-12)13-9-5-2-6-10-13;1-11-5-3-6-12(2)14(11)18(13(19)9-15)10-17-8-4-7-16-17/h1-10H,11H2,(H,18,19);3-8H,9-10H2,1-2H3. The van der Waals surface area contributed by atoms with Crippen molar-refractivity contribution in [3.8, 4) is 0 Å². The molecule has 1 aromatic heterocycles. The van der Waals surface area contributed by atoms with Crippen molar-refractivity contribution < 1.29 is 19.5 Å². The zero-order chi connectivity index (χ0) is 27.8. The molecule has 0 bridgehead atoms. The first-order valence-corrected chi connectivity index (χ1v) is 12.9. The molecule has 0 aliphatic carbocycles. The van der Waals surface area contributed by atoms with Gasteiger partial charge >= 0.3 is 5.97 Å². The topological polar surface area (TPSA) is 97.0 Å². The highest BCUT2D eigenvalue weighted by atomic mass is 35.5. The molecular formula is C30H29ClN4O4. The maximum atomic E-state index is 12.1. The molecule has 0 unspecified atom stereocenters. The number of halogens is 1. The largest absolute Gasteiger partial charge is 0.477 e. The molecule has 0 radical (unpaired) electrons. The zero-order valence-electron chi connectivity index (χ0n) is 21.7. The van der Waals surface area contributed by atoms with E-state index in [2.05, 4.69) is 10.3 Å². The van der Waals surface area contributed by atoms with E-state index in [1.807, 2.05) is 105 Å². The number of carbonyl (C=O) groups excluding carboxylic acids is 1. The van der Waals surface area contributed by atoms with Crippen LogP contribution in [0.25, 0.3) is 0 Å². The van der Waals surface area contributed by atoms with E-state index < -0.39 is 11.6 Å². The number of aliphatic carboxylic acids is 1. The average molecular weight is 545 g/mol. The molecule has 0 saturated carbocycles. The van der Waals surface area contributed by atoms with Gasteiger partial charge in [0.2, 0.25) is 5.91 Å². The minimum atomic E-state index is -1.04. The molecule has 0 spiro atoms. The molecule has 1 aliphatic heterocycles. The highest BCUT2D eigenvalue weighted by Crippen LogP contribution is 2.41. The number of aryl methyl sites for hydroxylation is 2. The minimum absolute atomic E-state index is 0.0395. The number of alkyl halides is 1. The summed E-state index contributed by atoms with van der Waals surface area (Å²) in [4.78, 5) is 30.5. The lowest BCUT2D eigenvalue weighted by atomic mass is 9.82. The predicted molar refractivity (Wildman–Crippen MR) is 151 cm³/mol. The second-order valence-corrected chi connectivity index (χ2v) is 9.32. The average Bonchev–Trinajstić information content (AvgIpc) is 3.65. The molecule has 0 atom stereocenters. The van der Waals surface area contributed by atoms with E-state index in [0.29, 0.717) is 6.67 Å². The Hall–Kier alpha value is -4.43. The lowest BCUT2D eigenvalue weighted by Gasteiger charge is -2.27. The minimum Gasteiger partial charge on any atom is -0.477 e. The van der Waals surface area contributed by atoms with Crippen LogP contribution in [0.4, 0.5) is 5.69 Å². The zero-order valence-corrected chi connectivity index (χ0v) is 22.5. The van der Waals surface area contributed by atoms with Crippen molar-refractivity contribution >= 4 is 34.9 Å². The molecule has 8 nitrogen and oxygen atoms in total. The van der Waals surface area contributed by atoms with Crippen LogP contribution in [0.5, 0.6) is 0 Å². The van der Waals surface area contributed by atoms with Gasteiger partial charge < -0.3 is 9.94 Å². The van der Waals surface area contributed by atoms with Crippen LogP contribution in [0.1, 0.15) is 28.7 Å². The molecule has 39 heavy (non-hydrogen) atoms. The van der Waals surface area contributed by atoms with Gasteiger partial charge in [0.25, 0.3) is 0 Å². The van der Waals surface area contributed by atoms with Crippen molar-refractivity contribution in [1.82, 2.24) is 9.78 Å². The van der Waals surface area contributed by atoms with Crippen LogP contribution in [0, 0.1) is 13.8 Å². The smallest absolute Gasteiger partial charge is 0.353 e. The Bertz CT molecular complexity index is 1380. The third-order valence-electron chi connectivity index (χ3n) is 6.43. The van der Waals surface area contributed by atoms with Crippen LogP contribution in [0.3, 0.4) is 0 Å².